The van der Waals surface area contributed by atoms with Crippen LogP contribution in [0.25, 0.3) is 0 Å². The van der Waals surface area contributed by atoms with E-state index in [1.54, 1.807) is 0 Å². The fourth-order valence-corrected chi connectivity index (χ4v) is 2.52. The largest absolute Gasteiger partial charge is 0.341 e. The van der Waals surface area contributed by atoms with E-state index in [4.69, 9.17) is 5.73 Å². The molecule has 1 atom stereocenters. The van der Waals surface area contributed by atoms with Crippen molar-refractivity contribution in [2.24, 2.45) is 5.73 Å². The van der Waals surface area contributed by atoms with E-state index in [9.17, 15) is 4.79 Å². The number of hydrogen-bond donors (Lipinski definition) is 1. The molecule has 1 amide bonds. The molecule has 1 fully saturated rings. The molecule has 0 spiro atoms. The van der Waals surface area contributed by atoms with Crippen LogP contribution in [0.15, 0.2) is 0 Å². The maximum atomic E-state index is 12.0. The number of likely N-dealkylation sites (N-methyl/N-ethyl adjacent to an activating group) is 1. The van der Waals surface area contributed by atoms with Crippen molar-refractivity contribution in [1.82, 2.24) is 4.90 Å². The summed E-state index contributed by atoms with van der Waals surface area (Å²) >= 11 is 0. The predicted octanol–water partition coefficient (Wildman–Crippen LogP) is 2.72. The Morgan fingerprint density at radius 2 is 1.82 bits per heavy atom. The maximum absolute atomic E-state index is 12.0. The van der Waals surface area contributed by atoms with Gasteiger partial charge in [-0.05, 0) is 19.3 Å². The molecular formula is C13H27ClN2O. The number of amides is 1. The Morgan fingerprint density at radius 1 is 1.29 bits per heavy atom. The van der Waals surface area contributed by atoms with E-state index in [1.807, 2.05) is 11.9 Å². The minimum atomic E-state index is -0.293. The molecule has 0 radical (unpaired) electrons. The van der Waals surface area contributed by atoms with E-state index in [-0.39, 0.29) is 24.4 Å². The third-order valence-corrected chi connectivity index (χ3v) is 3.64. The molecule has 17 heavy (non-hydrogen) atoms. The summed E-state index contributed by atoms with van der Waals surface area (Å²) in [4.78, 5) is 14.0. The molecule has 1 unspecified atom stereocenters. The molecule has 0 saturated heterocycles. The number of nitrogens with two attached hydrogens (primary N) is 1. The first-order chi connectivity index (χ1) is 7.66. The number of rotatable bonds is 4. The third-order valence-electron chi connectivity index (χ3n) is 3.64. The summed E-state index contributed by atoms with van der Waals surface area (Å²) in [5.41, 5.74) is 5.88. The summed E-state index contributed by atoms with van der Waals surface area (Å²) in [6.07, 6.45) is 9.24. The Morgan fingerprint density at radius 3 is 2.29 bits per heavy atom. The highest BCUT2D eigenvalue weighted by molar-refractivity contribution is 5.85. The average Bonchev–Trinajstić information content (AvgIpc) is 2.56. The van der Waals surface area contributed by atoms with Gasteiger partial charge in [0.05, 0.1) is 6.04 Å². The Bertz CT molecular complexity index is 215. The second-order valence-corrected chi connectivity index (χ2v) is 4.99. The van der Waals surface area contributed by atoms with Crippen LogP contribution in [0.1, 0.15) is 58.3 Å². The van der Waals surface area contributed by atoms with Crippen LogP contribution in [0.4, 0.5) is 0 Å². The molecule has 102 valence electrons. The second-order valence-electron chi connectivity index (χ2n) is 4.99. The van der Waals surface area contributed by atoms with Crippen LogP contribution < -0.4 is 5.73 Å². The van der Waals surface area contributed by atoms with Gasteiger partial charge >= 0.3 is 0 Å². The van der Waals surface area contributed by atoms with Crippen LogP contribution in [-0.2, 0) is 4.79 Å². The van der Waals surface area contributed by atoms with Crippen molar-refractivity contribution < 1.29 is 4.79 Å². The van der Waals surface area contributed by atoms with Gasteiger partial charge in [-0.1, -0.05) is 39.0 Å². The van der Waals surface area contributed by atoms with Gasteiger partial charge in [0.25, 0.3) is 0 Å². The van der Waals surface area contributed by atoms with Gasteiger partial charge in [0.1, 0.15) is 0 Å². The van der Waals surface area contributed by atoms with Gasteiger partial charge in [0.2, 0.25) is 5.91 Å². The average molecular weight is 263 g/mol. The van der Waals surface area contributed by atoms with Gasteiger partial charge in [-0.15, -0.1) is 12.4 Å². The monoisotopic (exact) mass is 262 g/mol. The fourth-order valence-electron chi connectivity index (χ4n) is 2.52. The summed E-state index contributed by atoms with van der Waals surface area (Å²) in [5, 5.41) is 0. The molecule has 0 heterocycles. The van der Waals surface area contributed by atoms with Gasteiger partial charge in [-0.25, -0.2) is 0 Å². The number of nitrogens with zero attached hydrogens (tertiary/aromatic N) is 1. The Kier molecular flexibility index (Phi) is 8.61. The van der Waals surface area contributed by atoms with Gasteiger partial charge in [-0.3, -0.25) is 4.79 Å². The minimum Gasteiger partial charge on any atom is -0.341 e. The molecule has 1 aliphatic rings. The van der Waals surface area contributed by atoms with Gasteiger partial charge in [0, 0.05) is 13.1 Å². The lowest BCUT2D eigenvalue weighted by atomic mass is 10.1. The Labute approximate surface area is 112 Å². The van der Waals surface area contributed by atoms with Crippen LogP contribution in [0.3, 0.4) is 0 Å². The predicted molar refractivity (Wildman–Crippen MR) is 74.4 cm³/mol. The van der Waals surface area contributed by atoms with Crippen LogP contribution in [0.5, 0.6) is 0 Å². The standard InChI is InChI=1S/C13H26N2O.ClH/c1-3-8-12(14)13(16)15(2)11-9-6-4-5-7-10-11;/h11-12H,3-10,14H2,1-2H3;1H. The highest BCUT2D eigenvalue weighted by atomic mass is 35.5. The molecular weight excluding hydrogens is 236 g/mol. The summed E-state index contributed by atoms with van der Waals surface area (Å²) in [6, 6.07) is 0.135. The molecule has 0 aromatic rings. The molecule has 0 bridgehead atoms. The Hall–Kier alpha value is -0.280. The number of carbonyl (C=O) groups excluding carboxylic acids is 1. The lowest BCUT2D eigenvalue weighted by Crippen LogP contribution is -2.46. The molecule has 3 nitrogen and oxygen atoms in total. The molecule has 0 aliphatic heterocycles. The topological polar surface area (TPSA) is 46.3 Å². The van der Waals surface area contributed by atoms with Gasteiger partial charge < -0.3 is 10.6 Å². The van der Waals surface area contributed by atoms with Crippen LogP contribution in [0, 0.1) is 0 Å². The van der Waals surface area contributed by atoms with Crippen molar-refractivity contribution in [3.63, 3.8) is 0 Å². The minimum absolute atomic E-state index is 0. The quantitative estimate of drug-likeness (QED) is 0.792. The zero-order valence-electron chi connectivity index (χ0n) is 11.2. The molecule has 2 N–H and O–H groups in total. The van der Waals surface area contributed by atoms with Crippen molar-refractivity contribution in [2.45, 2.75) is 70.4 Å². The summed E-state index contributed by atoms with van der Waals surface area (Å²) < 4.78 is 0. The fraction of sp³-hybridized carbons (Fsp3) is 0.923. The summed E-state index contributed by atoms with van der Waals surface area (Å²) in [6.45, 7) is 2.07. The van der Waals surface area contributed by atoms with Crippen molar-refractivity contribution in [3.8, 4) is 0 Å². The van der Waals surface area contributed by atoms with Crippen molar-refractivity contribution >= 4 is 18.3 Å². The number of carbonyl (C=O) groups is 1. The van der Waals surface area contributed by atoms with E-state index in [1.165, 1.54) is 25.7 Å². The maximum Gasteiger partial charge on any atom is 0.239 e. The normalized spacial score (nSPS) is 19.0. The molecule has 0 aromatic heterocycles. The summed E-state index contributed by atoms with van der Waals surface area (Å²) in [5.74, 6) is 0.133. The summed E-state index contributed by atoms with van der Waals surface area (Å²) in [7, 11) is 1.92. The van der Waals surface area contributed by atoms with E-state index in [2.05, 4.69) is 6.92 Å². The van der Waals surface area contributed by atoms with Crippen LogP contribution in [0.2, 0.25) is 0 Å². The van der Waals surface area contributed by atoms with Crippen LogP contribution in [-0.4, -0.2) is 29.9 Å². The van der Waals surface area contributed by atoms with E-state index < -0.39 is 0 Å². The van der Waals surface area contributed by atoms with E-state index >= 15 is 0 Å². The first-order valence-corrected chi connectivity index (χ1v) is 6.69. The molecule has 1 saturated carbocycles. The molecule has 0 aromatic carbocycles. The highest BCUT2D eigenvalue weighted by Crippen LogP contribution is 2.21. The first-order valence-electron chi connectivity index (χ1n) is 6.69. The third kappa shape index (κ3) is 5.26. The first kappa shape index (κ1) is 16.7. The van der Waals surface area contributed by atoms with Crippen molar-refractivity contribution in [3.05, 3.63) is 0 Å². The SMILES string of the molecule is CCCC(N)C(=O)N(C)C1CCCCCC1.Cl. The second kappa shape index (κ2) is 8.76. The lowest BCUT2D eigenvalue weighted by Gasteiger charge is -2.29. The van der Waals surface area contributed by atoms with Gasteiger partial charge in [-0.2, -0.15) is 0 Å². The van der Waals surface area contributed by atoms with E-state index in [0.29, 0.717) is 6.04 Å². The zero-order chi connectivity index (χ0) is 12.0. The molecule has 4 heteroatoms. The Balaban J connectivity index is 0.00000256. The van der Waals surface area contributed by atoms with Crippen molar-refractivity contribution in [2.75, 3.05) is 7.05 Å². The number of halogens is 1. The number of hydrogen-bond acceptors (Lipinski definition) is 2. The van der Waals surface area contributed by atoms with Gasteiger partial charge in [0.15, 0.2) is 0 Å². The van der Waals surface area contributed by atoms with E-state index in [0.717, 1.165) is 25.7 Å². The highest BCUT2D eigenvalue weighted by Gasteiger charge is 2.24. The lowest BCUT2D eigenvalue weighted by molar-refractivity contribution is -0.133. The smallest absolute Gasteiger partial charge is 0.239 e. The van der Waals surface area contributed by atoms with Crippen molar-refractivity contribution in [1.29, 1.82) is 0 Å². The molecule has 1 aliphatic carbocycles. The van der Waals surface area contributed by atoms with Crippen LogP contribution >= 0.6 is 12.4 Å². The molecule has 1 rings (SSSR count). The zero-order valence-corrected chi connectivity index (χ0v) is 12.0.